The first-order valence-electron chi connectivity index (χ1n) is 8.74. The van der Waals surface area contributed by atoms with Crippen molar-refractivity contribution < 1.29 is 34.8 Å². The Bertz CT molecular complexity index is 934. The van der Waals surface area contributed by atoms with Gasteiger partial charge >= 0.3 is 0 Å². The highest BCUT2D eigenvalue weighted by atomic mass is 16.6. The Balaban J connectivity index is 1.94. The first-order valence-corrected chi connectivity index (χ1v) is 8.74. The van der Waals surface area contributed by atoms with Crippen LogP contribution in [0.4, 0.5) is 5.82 Å². The molecule has 7 N–H and O–H groups in total. The lowest BCUT2D eigenvalue weighted by atomic mass is 10.0. The number of aliphatic hydroxyl groups excluding tert-OH is 4. The minimum atomic E-state index is -1.51. The third kappa shape index (κ3) is 3.48. The van der Waals surface area contributed by atoms with E-state index in [2.05, 4.69) is 20.3 Å². The van der Waals surface area contributed by atoms with Crippen LogP contribution in [0.3, 0.4) is 0 Å². The van der Waals surface area contributed by atoms with Crippen LogP contribution in [0.2, 0.25) is 0 Å². The van der Waals surface area contributed by atoms with Crippen LogP contribution in [0.25, 0.3) is 11.2 Å². The van der Waals surface area contributed by atoms with Crippen LogP contribution in [0.15, 0.2) is 12.7 Å². The number of ether oxygens (including phenoxy) is 1. The van der Waals surface area contributed by atoms with Crippen molar-refractivity contribution >= 4 is 28.7 Å². The highest BCUT2D eigenvalue weighted by Gasteiger charge is 2.53. The van der Waals surface area contributed by atoms with E-state index in [-0.39, 0.29) is 17.0 Å². The van der Waals surface area contributed by atoms with Crippen LogP contribution in [-0.4, -0.2) is 88.7 Å². The zero-order valence-corrected chi connectivity index (χ0v) is 15.6. The molecule has 0 saturated carbocycles. The molecule has 0 radical (unpaired) electrons. The fraction of sp³-hybridized carbons (Fsp3) is 0.562. The van der Waals surface area contributed by atoms with Gasteiger partial charge in [0.25, 0.3) is 5.91 Å². The lowest BCUT2D eigenvalue weighted by Crippen LogP contribution is -2.46. The number of nitrogens with two attached hydrogens (primary N) is 1. The maximum atomic E-state index is 12.1. The maximum absolute atomic E-state index is 12.1. The van der Waals surface area contributed by atoms with Crippen molar-refractivity contribution in [3.05, 3.63) is 12.7 Å². The number of rotatable bonds is 6. The minimum absolute atomic E-state index is 0.0817. The zero-order chi connectivity index (χ0) is 21.5. The van der Waals surface area contributed by atoms with Gasteiger partial charge in [0.15, 0.2) is 22.7 Å². The van der Waals surface area contributed by atoms with Crippen molar-refractivity contribution in [2.45, 2.75) is 50.0 Å². The Hall–Kier alpha value is -2.55. The summed E-state index contributed by atoms with van der Waals surface area (Å²) >= 11 is 0. The molecule has 158 valence electrons. The second kappa shape index (κ2) is 7.70. The minimum Gasteiger partial charge on any atom is -0.394 e. The summed E-state index contributed by atoms with van der Waals surface area (Å²) in [7, 11) is 0. The van der Waals surface area contributed by atoms with Crippen molar-refractivity contribution in [1.82, 2.24) is 19.5 Å². The molecule has 1 saturated heterocycles. The van der Waals surface area contributed by atoms with E-state index >= 15 is 0 Å². The van der Waals surface area contributed by atoms with Crippen LogP contribution in [0, 0.1) is 0 Å². The van der Waals surface area contributed by atoms with E-state index in [1.165, 1.54) is 24.7 Å². The molecule has 13 heteroatoms. The second-order valence-electron chi connectivity index (χ2n) is 6.92. The molecule has 1 fully saturated rings. The normalized spacial score (nSPS) is 29.0. The first-order chi connectivity index (χ1) is 13.6. The van der Waals surface area contributed by atoms with Crippen LogP contribution in [0.1, 0.15) is 13.8 Å². The number of aliphatic hydroxyl groups is 4. The molecule has 0 aliphatic carbocycles. The molecule has 3 heterocycles. The summed E-state index contributed by atoms with van der Waals surface area (Å²) in [4.78, 5) is 36.2. The van der Waals surface area contributed by atoms with E-state index in [0.717, 1.165) is 6.33 Å². The number of Topliss-reactive ketones (excluding diaryl/α,β-unsaturated/α-hetero) is 1. The van der Waals surface area contributed by atoms with Gasteiger partial charge in [0, 0.05) is 0 Å². The number of nitrogens with zero attached hydrogens (tertiary/aromatic N) is 4. The predicted octanol–water partition coefficient (Wildman–Crippen LogP) is -3.17. The molecular weight excluding hydrogens is 388 g/mol. The van der Waals surface area contributed by atoms with Crippen molar-refractivity contribution in [3.63, 3.8) is 0 Å². The van der Waals surface area contributed by atoms with Gasteiger partial charge in [-0.1, -0.05) is 0 Å². The first kappa shape index (κ1) is 21.2. The fourth-order valence-electron chi connectivity index (χ4n) is 3.10. The third-order valence-electron chi connectivity index (χ3n) is 4.91. The molecule has 0 aromatic carbocycles. The number of anilines is 1. The lowest BCUT2D eigenvalue weighted by molar-refractivity contribution is -0.136. The highest BCUT2D eigenvalue weighted by Crippen LogP contribution is 2.37. The Morgan fingerprint density at radius 3 is 2.66 bits per heavy atom. The summed E-state index contributed by atoms with van der Waals surface area (Å²) in [5.74, 6) is -2.23. The predicted molar refractivity (Wildman–Crippen MR) is 96.2 cm³/mol. The number of aromatic nitrogens is 4. The van der Waals surface area contributed by atoms with Crippen LogP contribution < -0.4 is 11.1 Å². The second-order valence-corrected chi connectivity index (χ2v) is 6.92. The zero-order valence-electron chi connectivity index (χ0n) is 15.6. The number of hydrogen-bond donors (Lipinski definition) is 6. The van der Waals surface area contributed by atoms with Gasteiger partial charge in [0.05, 0.1) is 25.1 Å². The van der Waals surface area contributed by atoms with Gasteiger partial charge in [-0.3, -0.25) is 14.2 Å². The molecule has 1 amide bonds. The summed E-state index contributed by atoms with van der Waals surface area (Å²) in [6.45, 7) is 2.24. The van der Waals surface area contributed by atoms with E-state index in [0.29, 0.717) is 0 Å². The number of carbonyl (C=O) groups excluding carboxylic acids is 2. The molecule has 6 atom stereocenters. The van der Waals surface area contributed by atoms with E-state index in [1.54, 1.807) is 0 Å². The quantitative estimate of drug-likeness (QED) is 0.262. The molecule has 1 aliphatic rings. The molecule has 29 heavy (non-hydrogen) atoms. The number of amides is 1. The smallest absolute Gasteiger partial charge is 0.294 e. The Morgan fingerprint density at radius 2 is 2.07 bits per heavy atom. The van der Waals surface area contributed by atoms with E-state index in [4.69, 9.17) is 10.5 Å². The van der Waals surface area contributed by atoms with E-state index in [1.807, 2.05) is 0 Å². The number of carbonyl (C=O) groups is 2. The Labute approximate surface area is 164 Å². The largest absolute Gasteiger partial charge is 0.394 e. The van der Waals surface area contributed by atoms with Gasteiger partial charge in [-0.15, -0.1) is 0 Å². The van der Waals surface area contributed by atoms with Crippen molar-refractivity contribution in [2.24, 2.45) is 5.73 Å². The van der Waals surface area contributed by atoms with Crippen LogP contribution >= 0.6 is 0 Å². The number of nitrogens with one attached hydrogen (secondary N) is 1. The maximum Gasteiger partial charge on any atom is 0.294 e. The summed E-state index contributed by atoms with van der Waals surface area (Å²) < 4.78 is 6.94. The van der Waals surface area contributed by atoms with Crippen molar-refractivity contribution in [3.8, 4) is 0 Å². The van der Waals surface area contributed by atoms with Gasteiger partial charge in [0.2, 0.25) is 5.78 Å². The molecule has 0 spiro atoms. The van der Waals surface area contributed by atoms with Gasteiger partial charge in [0.1, 0.15) is 24.6 Å². The van der Waals surface area contributed by atoms with Crippen molar-refractivity contribution in [1.29, 1.82) is 0 Å². The Kier molecular flexibility index (Phi) is 5.62. The van der Waals surface area contributed by atoms with E-state index < -0.39 is 54.5 Å². The molecule has 2 aromatic rings. The van der Waals surface area contributed by atoms with Gasteiger partial charge < -0.3 is 36.2 Å². The number of hydrogen-bond acceptors (Lipinski definition) is 11. The average molecular weight is 410 g/mol. The number of imidazole rings is 1. The fourth-order valence-corrected chi connectivity index (χ4v) is 3.10. The molecule has 13 nitrogen and oxygen atoms in total. The molecule has 2 aromatic heterocycles. The van der Waals surface area contributed by atoms with Gasteiger partial charge in [-0.2, -0.15) is 0 Å². The van der Waals surface area contributed by atoms with Crippen LogP contribution in [-0.2, 0) is 20.1 Å². The highest BCUT2D eigenvalue weighted by molar-refractivity contribution is 6.42. The lowest BCUT2D eigenvalue weighted by Gasteiger charge is -2.29. The standard InChI is InChI=1S/C16H22N6O7/c1-6(24)8(17)11(26)15(28)21-13-9-14(19-4-18-13)22(5-20-9)16(2)12(27)10(25)7(3-23)29-16/h4-8,10,12,23-25,27H,3,17H2,1-2H3,(H,18,19,21,28)/t6?,7-,8?,10-,12-,16-/m1/s1. The monoisotopic (exact) mass is 410 g/mol. The summed E-state index contributed by atoms with van der Waals surface area (Å²) in [6.07, 6.45) is -2.63. The molecule has 2 unspecified atom stereocenters. The molecule has 3 rings (SSSR count). The molecular formula is C16H22N6O7. The number of ketones is 1. The molecule has 1 aliphatic heterocycles. The average Bonchev–Trinajstić information content (AvgIpc) is 3.23. The van der Waals surface area contributed by atoms with Crippen molar-refractivity contribution in [2.75, 3.05) is 11.9 Å². The molecule has 0 bridgehead atoms. The topological polar surface area (TPSA) is 206 Å². The SMILES string of the molecule is CC(O)C(N)C(=O)C(=O)Nc1ncnc2c1ncn2[C@]1(C)O[C@H](CO)[C@@H](O)[C@H]1O. The summed E-state index contributed by atoms with van der Waals surface area (Å²) in [5, 5.41) is 41.5. The summed E-state index contributed by atoms with van der Waals surface area (Å²) in [5.41, 5.74) is 4.19. The third-order valence-corrected chi connectivity index (χ3v) is 4.91. The van der Waals surface area contributed by atoms with Gasteiger partial charge in [-0.25, -0.2) is 15.0 Å². The van der Waals surface area contributed by atoms with Gasteiger partial charge in [-0.05, 0) is 13.8 Å². The summed E-state index contributed by atoms with van der Waals surface area (Å²) in [6, 6.07) is -1.40. The van der Waals surface area contributed by atoms with E-state index in [9.17, 15) is 30.0 Å². The van der Waals surface area contributed by atoms with Crippen LogP contribution in [0.5, 0.6) is 0 Å². The number of fused-ring (bicyclic) bond motifs is 1. The Morgan fingerprint density at radius 1 is 1.38 bits per heavy atom.